The molecule has 2 N–H and O–H groups in total. The van der Waals surface area contributed by atoms with Crippen molar-refractivity contribution < 1.29 is 19.1 Å². The van der Waals surface area contributed by atoms with Gasteiger partial charge in [-0.05, 0) is 56.2 Å². The second-order valence-corrected chi connectivity index (χ2v) is 12.7. The van der Waals surface area contributed by atoms with Crippen LogP contribution in [0.2, 0.25) is 0 Å². The van der Waals surface area contributed by atoms with Crippen LogP contribution in [-0.2, 0) is 53.1 Å². The lowest BCUT2D eigenvalue weighted by molar-refractivity contribution is -0.120. The largest absolute Gasteiger partial charge is 0.462 e. The lowest BCUT2D eigenvalue weighted by atomic mass is 10.1. The molecule has 11 heteroatoms. The maximum absolute atomic E-state index is 13.4. The van der Waals surface area contributed by atoms with Gasteiger partial charge >= 0.3 is 5.97 Å². The highest BCUT2D eigenvalue weighted by Gasteiger charge is 2.30. The van der Waals surface area contributed by atoms with E-state index >= 15 is 0 Å². The molecule has 0 spiro atoms. The maximum Gasteiger partial charge on any atom is 0.341 e. The Morgan fingerprint density at radius 1 is 1.02 bits per heavy atom. The van der Waals surface area contributed by atoms with Crippen LogP contribution in [-0.4, -0.2) is 44.4 Å². The van der Waals surface area contributed by atoms with Crippen LogP contribution in [0.1, 0.15) is 58.0 Å². The molecule has 2 aromatic carbocycles. The summed E-state index contributed by atoms with van der Waals surface area (Å²) in [6.45, 7) is 4.67. The normalized spacial score (nSPS) is 12.9. The first-order valence-electron chi connectivity index (χ1n) is 14.5. The van der Waals surface area contributed by atoms with Gasteiger partial charge in [0.05, 0.1) is 30.4 Å². The molecule has 224 valence electrons. The van der Waals surface area contributed by atoms with E-state index < -0.39 is 11.2 Å². The number of hydrogen-bond donors (Lipinski definition) is 2. The fourth-order valence-corrected chi connectivity index (χ4v) is 7.18. The number of rotatable bonds is 13. The van der Waals surface area contributed by atoms with Crippen molar-refractivity contribution in [2.75, 3.05) is 11.9 Å². The Morgan fingerprint density at radius 2 is 1.74 bits per heavy atom. The Morgan fingerprint density at radius 3 is 2.47 bits per heavy atom. The van der Waals surface area contributed by atoms with Gasteiger partial charge in [-0.3, -0.25) is 9.59 Å². The molecule has 0 bridgehead atoms. The average molecular weight is 618 g/mol. The molecule has 1 aliphatic rings. The van der Waals surface area contributed by atoms with Crippen molar-refractivity contribution in [3.05, 3.63) is 93.6 Å². The minimum atomic E-state index is -0.521. The quantitative estimate of drug-likeness (QED) is 0.156. The predicted octanol–water partition coefficient (Wildman–Crippen LogP) is 5.23. The van der Waals surface area contributed by atoms with Crippen molar-refractivity contribution in [2.45, 2.75) is 69.4 Å². The summed E-state index contributed by atoms with van der Waals surface area (Å²) in [6, 6.07) is 19.7. The Balaban J connectivity index is 1.29. The number of amides is 2. The van der Waals surface area contributed by atoms with E-state index in [-0.39, 0.29) is 31.4 Å². The summed E-state index contributed by atoms with van der Waals surface area (Å²) in [4.78, 5) is 39.9. The van der Waals surface area contributed by atoms with E-state index in [2.05, 4.69) is 33.0 Å². The number of benzene rings is 2. The lowest BCUT2D eigenvalue weighted by Gasteiger charge is -2.14. The highest BCUT2D eigenvalue weighted by atomic mass is 32.2. The number of thiophene rings is 1. The minimum absolute atomic E-state index is 0.106. The first kappa shape index (κ1) is 30.5. The summed E-state index contributed by atoms with van der Waals surface area (Å²) in [7, 11) is 0. The molecule has 0 saturated carbocycles. The first-order chi connectivity index (χ1) is 20.9. The number of thioether (sulfide) groups is 1. The second kappa shape index (κ2) is 14.5. The first-order valence-corrected chi connectivity index (χ1v) is 16.2. The van der Waals surface area contributed by atoms with Crippen molar-refractivity contribution in [1.82, 2.24) is 20.1 Å². The van der Waals surface area contributed by atoms with E-state index in [4.69, 9.17) is 4.74 Å². The van der Waals surface area contributed by atoms with Crippen LogP contribution in [0, 0.1) is 0 Å². The van der Waals surface area contributed by atoms with Crippen LogP contribution in [0.4, 0.5) is 5.00 Å². The summed E-state index contributed by atoms with van der Waals surface area (Å²) in [5.74, 6) is -0.111. The van der Waals surface area contributed by atoms with Gasteiger partial charge in [-0.2, -0.15) is 0 Å². The molecule has 1 atom stereocenters. The topological polar surface area (TPSA) is 115 Å². The fourth-order valence-electron chi connectivity index (χ4n) is 5.01. The van der Waals surface area contributed by atoms with Gasteiger partial charge in [0.2, 0.25) is 11.8 Å². The zero-order chi connectivity index (χ0) is 30.2. The van der Waals surface area contributed by atoms with Gasteiger partial charge in [0.15, 0.2) is 11.0 Å². The van der Waals surface area contributed by atoms with Crippen molar-refractivity contribution in [1.29, 1.82) is 0 Å². The third kappa shape index (κ3) is 7.71. The van der Waals surface area contributed by atoms with Gasteiger partial charge < -0.3 is 19.9 Å². The summed E-state index contributed by atoms with van der Waals surface area (Å²) >= 11 is 2.76. The highest BCUT2D eigenvalue weighted by molar-refractivity contribution is 8.00. The summed E-state index contributed by atoms with van der Waals surface area (Å²) in [5, 5.41) is 15.4. The molecule has 9 nitrogen and oxygen atoms in total. The van der Waals surface area contributed by atoms with Crippen molar-refractivity contribution in [3.8, 4) is 0 Å². The third-order valence-corrected chi connectivity index (χ3v) is 9.49. The SMILES string of the molecule is CCOC(=O)c1c(NC(=O)[C@@H](C)Sc2nnc(CNC(=O)Cc3ccccc3)n2CCc2ccccc2)sc2c1CCC2. The Hall–Kier alpha value is -3.96. The van der Waals surface area contributed by atoms with Crippen LogP contribution in [0.25, 0.3) is 0 Å². The molecular formula is C32H35N5O4S2. The molecule has 2 heterocycles. The molecule has 2 amide bonds. The smallest absolute Gasteiger partial charge is 0.341 e. The van der Waals surface area contributed by atoms with Gasteiger partial charge in [0, 0.05) is 11.4 Å². The molecule has 1 aliphatic carbocycles. The van der Waals surface area contributed by atoms with Crippen LogP contribution in [0.5, 0.6) is 0 Å². The Bertz CT molecular complexity index is 1570. The summed E-state index contributed by atoms with van der Waals surface area (Å²) < 4.78 is 7.27. The van der Waals surface area contributed by atoms with Gasteiger partial charge in [-0.15, -0.1) is 21.5 Å². The number of ether oxygens (including phenoxy) is 1. The third-order valence-electron chi connectivity index (χ3n) is 7.20. The molecule has 2 aromatic heterocycles. The van der Waals surface area contributed by atoms with Crippen molar-refractivity contribution in [3.63, 3.8) is 0 Å². The van der Waals surface area contributed by atoms with E-state index in [1.807, 2.05) is 60.0 Å². The molecule has 0 radical (unpaired) electrons. The van der Waals surface area contributed by atoms with Crippen LogP contribution >= 0.6 is 23.1 Å². The standard InChI is InChI=1S/C32H35N5O4S2/c1-3-41-31(40)28-24-15-10-16-25(24)43-30(28)34-29(39)21(2)42-32-36-35-26(37(32)18-17-22-11-6-4-7-12-22)20-33-27(38)19-23-13-8-5-9-14-23/h4-9,11-14,21H,3,10,15-20H2,1-2H3,(H,33,38)(H,34,39)/t21-/m1/s1. The highest BCUT2D eigenvalue weighted by Crippen LogP contribution is 2.40. The fraction of sp³-hybridized carbons (Fsp3) is 0.344. The van der Waals surface area contributed by atoms with Gasteiger partial charge in [0.25, 0.3) is 0 Å². The zero-order valence-electron chi connectivity index (χ0n) is 24.3. The van der Waals surface area contributed by atoms with Gasteiger partial charge in [-0.25, -0.2) is 4.79 Å². The molecule has 4 aromatic rings. The van der Waals surface area contributed by atoms with Crippen molar-refractivity contribution in [2.24, 2.45) is 0 Å². The van der Waals surface area contributed by atoms with E-state index in [0.717, 1.165) is 47.3 Å². The summed E-state index contributed by atoms with van der Waals surface area (Å²) in [6.07, 6.45) is 3.73. The predicted molar refractivity (Wildman–Crippen MR) is 168 cm³/mol. The van der Waals surface area contributed by atoms with E-state index in [0.29, 0.717) is 28.1 Å². The molecule has 5 rings (SSSR count). The Labute approximate surface area is 259 Å². The summed E-state index contributed by atoms with van der Waals surface area (Å²) in [5.41, 5.74) is 3.58. The monoisotopic (exact) mass is 617 g/mol. The number of aryl methyl sites for hydroxylation is 2. The Kier molecular flexibility index (Phi) is 10.3. The van der Waals surface area contributed by atoms with Crippen molar-refractivity contribution >= 4 is 45.9 Å². The van der Waals surface area contributed by atoms with Crippen LogP contribution in [0.15, 0.2) is 65.8 Å². The number of anilines is 1. The number of aromatic nitrogens is 3. The van der Waals surface area contributed by atoms with Crippen LogP contribution < -0.4 is 10.6 Å². The number of esters is 1. The average Bonchev–Trinajstić information content (AvgIpc) is 3.71. The number of carbonyl (C=O) groups excluding carboxylic acids is 3. The van der Waals surface area contributed by atoms with Crippen LogP contribution in [0.3, 0.4) is 0 Å². The molecule has 43 heavy (non-hydrogen) atoms. The molecular weight excluding hydrogens is 583 g/mol. The maximum atomic E-state index is 13.4. The number of nitrogens with one attached hydrogen (secondary N) is 2. The molecule has 0 fully saturated rings. The lowest BCUT2D eigenvalue weighted by Crippen LogP contribution is -2.27. The van der Waals surface area contributed by atoms with Gasteiger partial charge in [0.1, 0.15) is 5.00 Å². The van der Waals surface area contributed by atoms with E-state index in [1.54, 1.807) is 6.92 Å². The van der Waals surface area contributed by atoms with E-state index in [9.17, 15) is 14.4 Å². The number of carbonyl (C=O) groups is 3. The molecule has 0 unspecified atom stereocenters. The number of fused-ring (bicyclic) bond motifs is 1. The second-order valence-electron chi connectivity index (χ2n) is 10.3. The molecule has 0 aliphatic heterocycles. The number of hydrogen-bond acceptors (Lipinski definition) is 8. The molecule has 0 saturated heterocycles. The zero-order valence-corrected chi connectivity index (χ0v) is 25.9. The minimum Gasteiger partial charge on any atom is -0.462 e. The number of nitrogens with zero attached hydrogens (tertiary/aromatic N) is 3. The van der Waals surface area contributed by atoms with Gasteiger partial charge in [-0.1, -0.05) is 72.4 Å². The van der Waals surface area contributed by atoms with E-state index in [1.165, 1.54) is 23.1 Å².